The van der Waals surface area contributed by atoms with Crippen LogP contribution in [0.15, 0.2) is 47.1 Å². The molecule has 1 aromatic heterocycles. The van der Waals surface area contributed by atoms with Gasteiger partial charge in [0.1, 0.15) is 0 Å². The maximum atomic E-state index is 5.28. The van der Waals surface area contributed by atoms with Crippen molar-refractivity contribution >= 4 is 22.4 Å². The standard InChI is InChI=1S/C16H15N2OS/c1-2-7-13(8-3-1)18-11-15(14-9-10-17-19-14)20-16(18)12-5-4-6-12/h1-3,7-10,12,16H,4-6H2. The van der Waals surface area contributed by atoms with Gasteiger partial charge in [-0.1, -0.05) is 41.5 Å². The first-order valence-corrected chi connectivity index (χ1v) is 7.85. The van der Waals surface area contributed by atoms with Crippen LogP contribution in [0, 0.1) is 12.1 Å². The average molecular weight is 283 g/mol. The topological polar surface area (TPSA) is 29.3 Å². The lowest BCUT2D eigenvalue weighted by atomic mass is 9.84. The fraction of sp³-hybridized carbons (Fsp3) is 0.312. The van der Waals surface area contributed by atoms with Gasteiger partial charge in [0.05, 0.1) is 22.7 Å². The molecule has 1 fully saturated rings. The zero-order chi connectivity index (χ0) is 13.4. The third kappa shape index (κ3) is 2.04. The summed E-state index contributed by atoms with van der Waals surface area (Å²) < 4.78 is 5.28. The summed E-state index contributed by atoms with van der Waals surface area (Å²) in [7, 11) is 0. The molecule has 1 radical (unpaired) electrons. The molecule has 4 heteroatoms. The van der Waals surface area contributed by atoms with Crippen molar-refractivity contribution in [1.82, 2.24) is 5.16 Å². The van der Waals surface area contributed by atoms with Crippen LogP contribution in [0.2, 0.25) is 0 Å². The van der Waals surface area contributed by atoms with E-state index in [-0.39, 0.29) is 0 Å². The van der Waals surface area contributed by atoms with Crippen molar-refractivity contribution in [3.05, 3.63) is 54.6 Å². The largest absolute Gasteiger partial charge is 0.356 e. The highest BCUT2D eigenvalue weighted by molar-refractivity contribution is 8.09. The van der Waals surface area contributed by atoms with Gasteiger partial charge in [0, 0.05) is 11.8 Å². The molecule has 20 heavy (non-hydrogen) atoms. The zero-order valence-corrected chi connectivity index (χ0v) is 11.8. The molecule has 1 atom stereocenters. The molecule has 2 aliphatic rings. The van der Waals surface area contributed by atoms with E-state index in [1.807, 2.05) is 23.9 Å². The minimum Gasteiger partial charge on any atom is -0.356 e. The van der Waals surface area contributed by atoms with Crippen molar-refractivity contribution in [2.24, 2.45) is 5.92 Å². The van der Waals surface area contributed by atoms with Gasteiger partial charge in [-0.05, 0) is 30.9 Å². The van der Waals surface area contributed by atoms with Crippen LogP contribution in [0.3, 0.4) is 0 Å². The number of hydrogen-bond acceptors (Lipinski definition) is 4. The van der Waals surface area contributed by atoms with E-state index in [1.54, 1.807) is 6.20 Å². The summed E-state index contributed by atoms with van der Waals surface area (Å²) >= 11 is 1.85. The Balaban J connectivity index is 1.68. The smallest absolute Gasteiger partial charge is 0.175 e. The zero-order valence-electron chi connectivity index (χ0n) is 11.0. The maximum Gasteiger partial charge on any atom is 0.175 e. The fourth-order valence-corrected chi connectivity index (χ4v) is 4.01. The molecule has 0 N–H and O–H groups in total. The lowest BCUT2D eigenvalue weighted by Crippen LogP contribution is -2.35. The van der Waals surface area contributed by atoms with Crippen molar-refractivity contribution < 1.29 is 4.52 Å². The van der Waals surface area contributed by atoms with E-state index in [0.29, 0.717) is 5.37 Å². The molecular formula is C16H15N2OS. The molecule has 0 saturated heterocycles. The summed E-state index contributed by atoms with van der Waals surface area (Å²) in [6.45, 7) is 0. The summed E-state index contributed by atoms with van der Waals surface area (Å²) in [4.78, 5) is 3.33. The second-order valence-electron chi connectivity index (χ2n) is 5.22. The molecule has 0 amide bonds. The van der Waals surface area contributed by atoms with Crippen LogP contribution in [-0.4, -0.2) is 10.5 Å². The monoisotopic (exact) mass is 283 g/mol. The Morgan fingerprint density at radius 3 is 2.70 bits per heavy atom. The molecular weight excluding hydrogens is 268 g/mol. The van der Waals surface area contributed by atoms with Crippen LogP contribution in [0.25, 0.3) is 4.91 Å². The van der Waals surface area contributed by atoms with E-state index in [4.69, 9.17) is 4.52 Å². The van der Waals surface area contributed by atoms with Crippen LogP contribution in [0.5, 0.6) is 0 Å². The van der Waals surface area contributed by atoms with Gasteiger partial charge in [-0.3, -0.25) is 0 Å². The molecule has 1 unspecified atom stereocenters. The number of benzene rings is 1. The SMILES string of the molecule is [C]1=C(c2ccno2)SC(C2CCC2)N1c1ccccc1. The van der Waals surface area contributed by atoms with Gasteiger partial charge >= 0.3 is 0 Å². The van der Waals surface area contributed by atoms with Crippen LogP contribution >= 0.6 is 11.8 Å². The first-order valence-electron chi connectivity index (χ1n) is 6.97. The molecule has 1 aliphatic carbocycles. The first kappa shape index (κ1) is 12.1. The molecule has 3 nitrogen and oxygen atoms in total. The maximum absolute atomic E-state index is 5.28. The number of anilines is 1. The highest BCUT2D eigenvalue weighted by Gasteiger charge is 2.37. The van der Waals surface area contributed by atoms with E-state index in [2.05, 4.69) is 40.5 Å². The summed E-state index contributed by atoms with van der Waals surface area (Å²) in [5, 5.41) is 4.24. The lowest BCUT2D eigenvalue weighted by molar-refractivity contribution is 0.308. The highest BCUT2D eigenvalue weighted by Crippen LogP contribution is 2.48. The average Bonchev–Trinajstić information content (AvgIpc) is 3.06. The molecule has 2 aromatic rings. The van der Waals surface area contributed by atoms with E-state index >= 15 is 0 Å². The summed E-state index contributed by atoms with van der Waals surface area (Å²) in [5.74, 6) is 1.56. The molecule has 1 saturated carbocycles. The van der Waals surface area contributed by atoms with Gasteiger partial charge in [-0.15, -0.1) is 0 Å². The van der Waals surface area contributed by atoms with Crippen molar-refractivity contribution in [3.63, 3.8) is 0 Å². The second kappa shape index (κ2) is 5.02. The third-order valence-electron chi connectivity index (χ3n) is 3.96. The Hall–Kier alpha value is -1.68. The number of rotatable bonds is 3. The molecule has 0 spiro atoms. The van der Waals surface area contributed by atoms with Crippen LogP contribution in [0.1, 0.15) is 25.0 Å². The van der Waals surface area contributed by atoms with Crippen molar-refractivity contribution in [2.75, 3.05) is 4.90 Å². The van der Waals surface area contributed by atoms with E-state index < -0.39 is 0 Å². The van der Waals surface area contributed by atoms with E-state index in [1.165, 1.54) is 24.9 Å². The van der Waals surface area contributed by atoms with Gasteiger partial charge < -0.3 is 9.42 Å². The summed E-state index contributed by atoms with van der Waals surface area (Å²) in [5.41, 5.74) is 1.20. The Morgan fingerprint density at radius 1 is 1.20 bits per heavy atom. The van der Waals surface area contributed by atoms with E-state index in [0.717, 1.165) is 16.6 Å². The predicted molar refractivity (Wildman–Crippen MR) is 80.8 cm³/mol. The van der Waals surface area contributed by atoms with Crippen molar-refractivity contribution in [1.29, 1.82) is 0 Å². The molecule has 2 heterocycles. The van der Waals surface area contributed by atoms with Gasteiger partial charge in [-0.2, -0.15) is 0 Å². The lowest BCUT2D eigenvalue weighted by Gasteiger charge is -2.36. The van der Waals surface area contributed by atoms with Crippen molar-refractivity contribution in [2.45, 2.75) is 24.6 Å². The third-order valence-corrected chi connectivity index (χ3v) is 5.33. The first-order chi connectivity index (χ1) is 9.92. The van der Waals surface area contributed by atoms with Crippen molar-refractivity contribution in [3.8, 4) is 0 Å². The number of para-hydroxylation sites is 1. The molecule has 4 rings (SSSR count). The van der Waals surface area contributed by atoms with Gasteiger partial charge in [0.25, 0.3) is 0 Å². The number of nitrogens with zero attached hydrogens (tertiary/aromatic N) is 2. The highest BCUT2D eigenvalue weighted by atomic mass is 32.2. The number of thioether (sulfide) groups is 1. The van der Waals surface area contributed by atoms with Crippen LogP contribution in [0.4, 0.5) is 5.69 Å². The van der Waals surface area contributed by atoms with E-state index in [9.17, 15) is 0 Å². The fourth-order valence-electron chi connectivity index (χ4n) is 2.65. The summed E-state index contributed by atoms with van der Waals surface area (Å²) in [6, 6.07) is 12.4. The molecule has 1 aliphatic heterocycles. The van der Waals surface area contributed by atoms with Gasteiger partial charge in [-0.25, -0.2) is 0 Å². The number of aromatic nitrogens is 1. The van der Waals surface area contributed by atoms with Crippen LogP contribution < -0.4 is 4.90 Å². The predicted octanol–water partition coefficient (Wildman–Crippen LogP) is 4.16. The molecule has 1 aromatic carbocycles. The second-order valence-corrected chi connectivity index (χ2v) is 6.35. The van der Waals surface area contributed by atoms with Crippen LogP contribution in [-0.2, 0) is 0 Å². The Bertz CT molecular complexity index is 605. The number of hydrogen-bond donors (Lipinski definition) is 0. The minimum atomic E-state index is 0.436. The quantitative estimate of drug-likeness (QED) is 0.846. The molecule has 101 valence electrons. The van der Waals surface area contributed by atoms with Gasteiger partial charge in [0.2, 0.25) is 0 Å². The Morgan fingerprint density at radius 2 is 2.05 bits per heavy atom. The Kier molecular flexibility index (Phi) is 3.03. The summed E-state index contributed by atoms with van der Waals surface area (Å²) in [6.07, 6.45) is 9.15. The normalized spacial score (nSPS) is 22.7. The molecule has 0 bridgehead atoms. The minimum absolute atomic E-state index is 0.436. The van der Waals surface area contributed by atoms with Gasteiger partial charge in [0.15, 0.2) is 5.76 Å². The Labute approximate surface area is 122 Å².